The van der Waals surface area contributed by atoms with Gasteiger partial charge < -0.3 is 5.32 Å². The third kappa shape index (κ3) is 3.26. The van der Waals surface area contributed by atoms with Crippen molar-refractivity contribution in [2.75, 3.05) is 5.32 Å². The normalized spacial score (nSPS) is 12.4. The SMILES string of the molecule is O=C(/C=C/c1c(F)cccc1Cl)c1ccc2c(c1)Nc1ccccc1S2. The molecule has 0 unspecified atom stereocenters. The molecule has 5 heteroatoms. The molecule has 0 amide bonds. The van der Waals surface area contributed by atoms with Crippen molar-refractivity contribution in [1.82, 2.24) is 0 Å². The van der Waals surface area contributed by atoms with Gasteiger partial charge >= 0.3 is 0 Å². The molecule has 1 heterocycles. The lowest BCUT2D eigenvalue weighted by molar-refractivity contribution is 0.104. The average molecular weight is 382 g/mol. The number of rotatable bonds is 3. The van der Waals surface area contributed by atoms with Gasteiger partial charge in [0.2, 0.25) is 0 Å². The summed E-state index contributed by atoms with van der Waals surface area (Å²) in [6.07, 6.45) is 2.76. The van der Waals surface area contributed by atoms with E-state index in [9.17, 15) is 9.18 Å². The van der Waals surface area contributed by atoms with Crippen LogP contribution in [0.25, 0.3) is 6.08 Å². The topological polar surface area (TPSA) is 29.1 Å². The van der Waals surface area contributed by atoms with E-state index in [1.54, 1.807) is 23.9 Å². The predicted octanol–water partition coefficient (Wildman–Crippen LogP) is 6.58. The number of ketones is 1. The standard InChI is InChI=1S/C21H13ClFNOS/c22-15-4-3-5-16(23)14(15)9-10-19(25)13-8-11-21-18(12-13)24-17-6-1-2-7-20(17)26-21/h1-12,24H/b10-9+. The molecule has 0 spiro atoms. The molecule has 0 saturated carbocycles. The minimum atomic E-state index is -0.457. The fraction of sp³-hybridized carbons (Fsp3) is 0. The van der Waals surface area contributed by atoms with E-state index in [0.717, 1.165) is 21.2 Å². The van der Waals surface area contributed by atoms with E-state index in [-0.39, 0.29) is 16.4 Å². The van der Waals surface area contributed by atoms with Gasteiger partial charge in [-0.05, 0) is 54.6 Å². The summed E-state index contributed by atoms with van der Waals surface area (Å²) in [6.45, 7) is 0. The molecular weight excluding hydrogens is 369 g/mol. The first kappa shape index (κ1) is 16.9. The molecule has 0 fully saturated rings. The second-order valence-electron chi connectivity index (χ2n) is 5.77. The smallest absolute Gasteiger partial charge is 0.185 e. The lowest BCUT2D eigenvalue weighted by Gasteiger charge is -2.20. The molecule has 1 aliphatic rings. The lowest BCUT2D eigenvalue weighted by atomic mass is 10.1. The maximum atomic E-state index is 13.8. The van der Waals surface area contributed by atoms with Crippen LogP contribution in [0.3, 0.4) is 0 Å². The van der Waals surface area contributed by atoms with Crippen molar-refractivity contribution in [2.24, 2.45) is 0 Å². The van der Waals surface area contributed by atoms with E-state index < -0.39 is 5.82 Å². The molecule has 0 saturated heterocycles. The van der Waals surface area contributed by atoms with Gasteiger partial charge in [0.25, 0.3) is 0 Å². The molecule has 4 rings (SSSR count). The number of para-hydroxylation sites is 1. The number of anilines is 2. The van der Waals surface area contributed by atoms with Crippen LogP contribution in [0.15, 0.2) is 76.5 Å². The minimum absolute atomic E-state index is 0.210. The van der Waals surface area contributed by atoms with Gasteiger partial charge in [-0.3, -0.25) is 4.79 Å². The monoisotopic (exact) mass is 381 g/mol. The third-order valence-corrected chi connectivity index (χ3v) is 5.52. The molecule has 26 heavy (non-hydrogen) atoms. The highest BCUT2D eigenvalue weighted by atomic mass is 35.5. The van der Waals surface area contributed by atoms with Crippen LogP contribution >= 0.6 is 23.4 Å². The van der Waals surface area contributed by atoms with Crippen LogP contribution in [0.4, 0.5) is 15.8 Å². The van der Waals surface area contributed by atoms with Crippen LogP contribution in [-0.2, 0) is 0 Å². The Morgan fingerprint density at radius 3 is 2.65 bits per heavy atom. The third-order valence-electron chi connectivity index (χ3n) is 4.04. The van der Waals surface area contributed by atoms with Crippen molar-refractivity contribution in [3.8, 4) is 0 Å². The predicted molar refractivity (Wildman–Crippen MR) is 105 cm³/mol. The number of carbonyl (C=O) groups excluding carboxylic acids is 1. The zero-order chi connectivity index (χ0) is 18.1. The second-order valence-corrected chi connectivity index (χ2v) is 7.26. The average Bonchev–Trinajstić information content (AvgIpc) is 2.65. The summed E-state index contributed by atoms with van der Waals surface area (Å²) < 4.78 is 13.8. The summed E-state index contributed by atoms with van der Waals surface area (Å²) in [5.74, 6) is -0.667. The summed E-state index contributed by atoms with van der Waals surface area (Å²) in [7, 11) is 0. The number of hydrogen-bond donors (Lipinski definition) is 1. The summed E-state index contributed by atoms with van der Waals surface area (Å²) in [4.78, 5) is 14.7. The van der Waals surface area contributed by atoms with Crippen LogP contribution in [0.5, 0.6) is 0 Å². The summed E-state index contributed by atoms with van der Waals surface area (Å²) in [5.41, 5.74) is 2.64. The molecule has 0 aliphatic carbocycles. The maximum Gasteiger partial charge on any atom is 0.185 e. The van der Waals surface area contributed by atoms with Gasteiger partial charge in [0.15, 0.2) is 5.78 Å². The van der Waals surface area contributed by atoms with Gasteiger partial charge in [-0.25, -0.2) is 4.39 Å². The van der Waals surface area contributed by atoms with Crippen molar-refractivity contribution < 1.29 is 9.18 Å². The Hall–Kier alpha value is -2.56. The van der Waals surface area contributed by atoms with Gasteiger partial charge in [-0.2, -0.15) is 0 Å². The Morgan fingerprint density at radius 2 is 1.81 bits per heavy atom. The number of benzene rings is 3. The van der Waals surface area contributed by atoms with E-state index >= 15 is 0 Å². The Labute approximate surface area is 159 Å². The highest BCUT2D eigenvalue weighted by Gasteiger charge is 2.16. The lowest BCUT2D eigenvalue weighted by Crippen LogP contribution is -2.02. The van der Waals surface area contributed by atoms with Crippen LogP contribution < -0.4 is 5.32 Å². The largest absolute Gasteiger partial charge is 0.354 e. The fourth-order valence-corrected chi connectivity index (χ4v) is 3.91. The molecule has 3 aromatic rings. The van der Waals surface area contributed by atoms with E-state index in [1.807, 2.05) is 30.3 Å². The Bertz CT molecular complexity index is 1030. The van der Waals surface area contributed by atoms with Crippen molar-refractivity contribution in [3.63, 3.8) is 0 Å². The van der Waals surface area contributed by atoms with E-state index in [0.29, 0.717) is 5.56 Å². The molecule has 0 bridgehead atoms. The minimum Gasteiger partial charge on any atom is -0.354 e. The highest BCUT2D eigenvalue weighted by molar-refractivity contribution is 7.99. The zero-order valence-corrected chi connectivity index (χ0v) is 15.1. The molecule has 0 radical (unpaired) electrons. The Morgan fingerprint density at radius 1 is 1.00 bits per heavy atom. The summed E-state index contributed by atoms with van der Waals surface area (Å²) in [5, 5.41) is 3.62. The van der Waals surface area contributed by atoms with Gasteiger partial charge in [0, 0.05) is 20.9 Å². The molecule has 3 aromatic carbocycles. The molecular formula is C21H13ClFNOS. The first-order valence-corrected chi connectivity index (χ1v) is 9.15. The van der Waals surface area contributed by atoms with Crippen molar-refractivity contribution in [1.29, 1.82) is 0 Å². The van der Waals surface area contributed by atoms with Crippen LogP contribution in [0, 0.1) is 5.82 Å². The Kier molecular flexibility index (Phi) is 4.53. The Balaban J connectivity index is 1.60. The molecule has 128 valence electrons. The number of fused-ring (bicyclic) bond motifs is 2. The van der Waals surface area contributed by atoms with Crippen LogP contribution in [0.2, 0.25) is 5.02 Å². The number of carbonyl (C=O) groups is 1. The van der Waals surface area contributed by atoms with Gasteiger partial charge in [0.05, 0.1) is 16.4 Å². The molecule has 0 atom stereocenters. The number of allylic oxidation sites excluding steroid dienone is 1. The van der Waals surface area contributed by atoms with Crippen molar-refractivity contribution >= 4 is 46.6 Å². The molecule has 1 N–H and O–H groups in total. The van der Waals surface area contributed by atoms with Crippen molar-refractivity contribution in [3.05, 3.63) is 88.7 Å². The summed E-state index contributed by atoms with van der Waals surface area (Å²) in [6, 6.07) is 17.9. The van der Waals surface area contributed by atoms with Gasteiger partial charge in [-0.1, -0.05) is 41.6 Å². The summed E-state index contributed by atoms with van der Waals surface area (Å²) >= 11 is 7.64. The van der Waals surface area contributed by atoms with E-state index in [2.05, 4.69) is 11.4 Å². The van der Waals surface area contributed by atoms with Crippen LogP contribution in [0.1, 0.15) is 15.9 Å². The molecule has 0 aromatic heterocycles. The maximum absolute atomic E-state index is 13.8. The highest BCUT2D eigenvalue weighted by Crippen LogP contribution is 2.44. The van der Waals surface area contributed by atoms with Crippen molar-refractivity contribution in [2.45, 2.75) is 9.79 Å². The van der Waals surface area contributed by atoms with E-state index in [4.69, 9.17) is 11.6 Å². The quantitative estimate of drug-likeness (QED) is 0.321. The first-order chi connectivity index (χ1) is 12.6. The number of nitrogens with one attached hydrogen (secondary N) is 1. The van der Waals surface area contributed by atoms with Gasteiger partial charge in [-0.15, -0.1) is 0 Å². The second kappa shape index (κ2) is 6.98. The molecule has 2 nitrogen and oxygen atoms in total. The van der Waals surface area contributed by atoms with Crippen LogP contribution in [-0.4, -0.2) is 5.78 Å². The van der Waals surface area contributed by atoms with E-state index in [1.165, 1.54) is 24.3 Å². The fourth-order valence-electron chi connectivity index (χ4n) is 2.72. The first-order valence-electron chi connectivity index (χ1n) is 7.96. The number of hydrogen-bond acceptors (Lipinski definition) is 3. The number of halogens is 2. The molecule has 1 aliphatic heterocycles. The van der Waals surface area contributed by atoms with Gasteiger partial charge in [0.1, 0.15) is 5.82 Å². The zero-order valence-electron chi connectivity index (χ0n) is 13.5.